The van der Waals surface area contributed by atoms with Gasteiger partial charge in [-0.05, 0) is 17.9 Å². The van der Waals surface area contributed by atoms with Crippen molar-refractivity contribution in [3.05, 3.63) is 27.6 Å². The van der Waals surface area contributed by atoms with Gasteiger partial charge in [-0.15, -0.1) is 11.3 Å². The molecule has 0 saturated heterocycles. The predicted octanol–water partition coefficient (Wildman–Crippen LogP) is 0.444. The Kier molecular flexibility index (Phi) is 4.37. The zero-order valence-electron chi connectivity index (χ0n) is 11.9. The van der Waals surface area contributed by atoms with E-state index in [0.29, 0.717) is 10.2 Å². The summed E-state index contributed by atoms with van der Waals surface area (Å²) in [6, 6.07) is -0.925. The van der Waals surface area contributed by atoms with E-state index in [2.05, 4.69) is 15.0 Å². The number of nitrogens with one attached hydrogen (secondary N) is 1. The van der Waals surface area contributed by atoms with Crippen LogP contribution in [0.4, 0.5) is 0 Å². The third kappa shape index (κ3) is 3.10. The Balaban J connectivity index is 2.36. The summed E-state index contributed by atoms with van der Waals surface area (Å²) in [4.78, 5) is 39.4. The number of carbonyl (C=O) groups is 2. The molecule has 21 heavy (non-hydrogen) atoms. The fourth-order valence-corrected chi connectivity index (χ4v) is 2.90. The molecule has 0 bridgehead atoms. The van der Waals surface area contributed by atoms with E-state index in [4.69, 9.17) is 0 Å². The van der Waals surface area contributed by atoms with Gasteiger partial charge >= 0.3 is 5.97 Å². The van der Waals surface area contributed by atoms with Crippen LogP contribution in [0.25, 0.3) is 10.2 Å². The van der Waals surface area contributed by atoms with Crippen LogP contribution < -0.4 is 10.9 Å². The summed E-state index contributed by atoms with van der Waals surface area (Å²) in [5, 5.41) is 4.32. The molecule has 1 amide bonds. The first kappa shape index (κ1) is 15.2. The smallest absolute Gasteiger partial charge is 0.330 e. The molecule has 1 atom stereocenters. The van der Waals surface area contributed by atoms with Crippen molar-refractivity contribution in [1.82, 2.24) is 14.9 Å². The fraction of sp³-hybridized carbons (Fsp3) is 0.385. The molecule has 8 heteroatoms. The molecule has 7 nitrogen and oxygen atoms in total. The van der Waals surface area contributed by atoms with Gasteiger partial charge in [0.1, 0.15) is 10.7 Å². The maximum atomic E-state index is 12.3. The number of amides is 1. The van der Waals surface area contributed by atoms with Gasteiger partial charge in [-0.2, -0.15) is 0 Å². The summed E-state index contributed by atoms with van der Waals surface area (Å²) in [5.74, 6) is -0.987. The molecular weight excluding hydrogens is 294 g/mol. The van der Waals surface area contributed by atoms with E-state index >= 15 is 0 Å². The summed E-state index contributed by atoms with van der Waals surface area (Å²) < 4.78 is 6.46. The summed E-state index contributed by atoms with van der Waals surface area (Å²) >= 11 is 1.31. The number of thiophene rings is 1. The molecule has 0 spiro atoms. The third-order valence-electron chi connectivity index (χ3n) is 2.97. The molecule has 2 aromatic rings. The molecule has 0 aromatic carbocycles. The minimum atomic E-state index is -0.925. The Morgan fingerprint density at radius 1 is 1.52 bits per heavy atom. The highest BCUT2D eigenvalue weighted by atomic mass is 32.1. The van der Waals surface area contributed by atoms with Crippen molar-refractivity contribution >= 4 is 33.4 Å². The van der Waals surface area contributed by atoms with Gasteiger partial charge < -0.3 is 10.1 Å². The Hall–Kier alpha value is -2.22. The lowest BCUT2D eigenvalue weighted by Gasteiger charge is -2.16. The van der Waals surface area contributed by atoms with E-state index in [0.717, 1.165) is 5.56 Å². The maximum absolute atomic E-state index is 12.3. The number of hydrogen-bond donors (Lipinski definition) is 1. The van der Waals surface area contributed by atoms with Gasteiger partial charge in [-0.25, -0.2) is 9.78 Å². The minimum Gasteiger partial charge on any atom is -0.467 e. The standard InChI is InChI=1S/C13H15N3O4S/c1-7-5-21-11-10(7)14-6-16(12(11)18)4-9(13(19)20-3)15-8(2)17/h5-6,9H,4H2,1-3H3,(H,15,17). The maximum Gasteiger partial charge on any atom is 0.330 e. The lowest BCUT2D eigenvalue weighted by molar-refractivity contribution is -0.145. The topological polar surface area (TPSA) is 90.3 Å². The van der Waals surface area contributed by atoms with Crippen LogP contribution in [0.5, 0.6) is 0 Å². The van der Waals surface area contributed by atoms with Gasteiger partial charge in [0.2, 0.25) is 5.91 Å². The largest absolute Gasteiger partial charge is 0.467 e. The minimum absolute atomic E-state index is 0.0228. The molecule has 2 rings (SSSR count). The first-order valence-corrected chi connectivity index (χ1v) is 7.10. The predicted molar refractivity (Wildman–Crippen MR) is 78.2 cm³/mol. The monoisotopic (exact) mass is 309 g/mol. The molecule has 0 aliphatic rings. The number of hydrogen-bond acceptors (Lipinski definition) is 6. The van der Waals surface area contributed by atoms with Gasteiger partial charge in [-0.1, -0.05) is 0 Å². The summed E-state index contributed by atoms with van der Waals surface area (Å²) in [6.45, 7) is 3.15. The van der Waals surface area contributed by atoms with Crippen molar-refractivity contribution in [2.75, 3.05) is 7.11 Å². The number of esters is 1. The van der Waals surface area contributed by atoms with E-state index < -0.39 is 12.0 Å². The van der Waals surface area contributed by atoms with Gasteiger partial charge in [0.25, 0.3) is 5.56 Å². The van der Waals surface area contributed by atoms with Crippen LogP contribution in [-0.2, 0) is 20.9 Å². The number of carbonyl (C=O) groups excluding carboxylic acids is 2. The van der Waals surface area contributed by atoms with Gasteiger partial charge in [0, 0.05) is 6.92 Å². The molecule has 1 unspecified atom stereocenters. The molecule has 1 N–H and O–H groups in total. The van der Waals surface area contributed by atoms with Crippen LogP contribution in [-0.4, -0.2) is 34.6 Å². The fourth-order valence-electron chi connectivity index (χ4n) is 1.95. The highest BCUT2D eigenvalue weighted by Gasteiger charge is 2.22. The average Bonchev–Trinajstić information content (AvgIpc) is 2.82. The van der Waals surface area contributed by atoms with E-state index in [1.54, 1.807) is 0 Å². The molecular formula is C13H15N3O4S. The molecule has 0 aliphatic carbocycles. The van der Waals surface area contributed by atoms with Crippen LogP contribution >= 0.6 is 11.3 Å². The molecule has 2 aromatic heterocycles. The third-order valence-corrected chi connectivity index (χ3v) is 4.04. The lowest BCUT2D eigenvalue weighted by atomic mass is 10.2. The number of methoxy groups -OCH3 is 1. The number of aryl methyl sites for hydroxylation is 1. The molecule has 112 valence electrons. The van der Waals surface area contributed by atoms with Crippen molar-refractivity contribution in [3.63, 3.8) is 0 Å². The highest BCUT2D eigenvalue weighted by Crippen LogP contribution is 2.19. The Labute approximate surface area is 124 Å². The lowest BCUT2D eigenvalue weighted by Crippen LogP contribution is -2.45. The van der Waals surface area contributed by atoms with Crippen LogP contribution in [0, 0.1) is 6.92 Å². The second-order valence-corrected chi connectivity index (χ2v) is 5.45. The van der Waals surface area contributed by atoms with Crippen LogP contribution in [0.2, 0.25) is 0 Å². The Morgan fingerprint density at radius 3 is 2.86 bits per heavy atom. The van der Waals surface area contributed by atoms with E-state index in [1.807, 2.05) is 12.3 Å². The Morgan fingerprint density at radius 2 is 2.24 bits per heavy atom. The average molecular weight is 309 g/mol. The first-order chi connectivity index (χ1) is 9.93. The molecule has 0 saturated carbocycles. The number of aromatic nitrogens is 2. The van der Waals surface area contributed by atoms with Crippen LogP contribution in [0.15, 0.2) is 16.5 Å². The number of rotatable bonds is 4. The van der Waals surface area contributed by atoms with Crippen LogP contribution in [0.1, 0.15) is 12.5 Å². The van der Waals surface area contributed by atoms with E-state index in [9.17, 15) is 14.4 Å². The van der Waals surface area contributed by atoms with Crippen molar-refractivity contribution in [1.29, 1.82) is 0 Å². The van der Waals surface area contributed by atoms with Gasteiger partial charge in [-0.3, -0.25) is 14.2 Å². The van der Waals surface area contributed by atoms with Gasteiger partial charge in [0.05, 0.1) is 25.5 Å². The SMILES string of the molecule is COC(=O)C(Cn1cnc2c(C)csc2c1=O)NC(C)=O. The van der Waals surface area contributed by atoms with Crippen molar-refractivity contribution < 1.29 is 14.3 Å². The van der Waals surface area contributed by atoms with E-state index in [1.165, 1.54) is 36.3 Å². The van der Waals surface area contributed by atoms with E-state index in [-0.39, 0.29) is 18.0 Å². The molecule has 2 heterocycles. The zero-order valence-corrected chi connectivity index (χ0v) is 12.7. The molecule has 0 fully saturated rings. The second kappa shape index (κ2) is 6.04. The van der Waals surface area contributed by atoms with Crippen LogP contribution in [0.3, 0.4) is 0 Å². The summed E-state index contributed by atoms with van der Waals surface area (Å²) in [6.07, 6.45) is 1.38. The van der Waals surface area contributed by atoms with Crippen molar-refractivity contribution in [2.24, 2.45) is 0 Å². The van der Waals surface area contributed by atoms with Crippen molar-refractivity contribution in [2.45, 2.75) is 26.4 Å². The molecule has 0 radical (unpaired) electrons. The van der Waals surface area contributed by atoms with Gasteiger partial charge in [0.15, 0.2) is 0 Å². The Bertz CT molecular complexity index is 749. The summed E-state index contributed by atoms with van der Waals surface area (Å²) in [7, 11) is 1.23. The quantitative estimate of drug-likeness (QED) is 0.828. The zero-order chi connectivity index (χ0) is 15.6. The number of fused-ring (bicyclic) bond motifs is 1. The summed E-state index contributed by atoms with van der Waals surface area (Å²) in [5.41, 5.74) is 1.36. The first-order valence-electron chi connectivity index (χ1n) is 6.22. The number of ether oxygens (including phenoxy) is 1. The normalized spacial score (nSPS) is 12.1. The molecule has 0 aliphatic heterocycles. The second-order valence-electron chi connectivity index (χ2n) is 4.57. The highest BCUT2D eigenvalue weighted by molar-refractivity contribution is 7.17. The number of nitrogens with zero attached hydrogens (tertiary/aromatic N) is 2. The van der Waals surface area contributed by atoms with Crippen molar-refractivity contribution in [3.8, 4) is 0 Å².